The number of hydrogen-bond donors (Lipinski definition) is 1. The van der Waals surface area contributed by atoms with Crippen molar-refractivity contribution < 1.29 is 5.11 Å². The Bertz CT molecular complexity index is 756. The van der Waals surface area contributed by atoms with E-state index in [1.54, 1.807) is 10.7 Å². The van der Waals surface area contributed by atoms with Crippen LogP contribution < -0.4 is 0 Å². The first kappa shape index (κ1) is 13.6. The Morgan fingerprint density at radius 3 is 2.95 bits per heavy atom. The number of aromatic nitrogens is 2. The predicted octanol–water partition coefficient (Wildman–Crippen LogP) is 4.03. The fraction of sp³-hybridized carbons (Fsp3) is 0.133. The van der Waals surface area contributed by atoms with Gasteiger partial charge in [-0.15, -0.1) is 0 Å². The van der Waals surface area contributed by atoms with Gasteiger partial charge in [0, 0.05) is 27.7 Å². The second-order valence-corrected chi connectivity index (χ2v) is 5.91. The van der Waals surface area contributed by atoms with E-state index in [0.717, 1.165) is 21.1 Å². The molecular weight excluding hydrogens is 340 g/mol. The van der Waals surface area contributed by atoms with E-state index in [9.17, 15) is 5.11 Å². The van der Waals surface area contributed by atoms with Gasteiger partial charge in [-0.1, -0.05) is 39.7 Å². The van der Waals surface area contributed by atoms with Crippen LogP contribution in [-0.2, 0) is 6.42 Å². The SMILES string of the molecule is OC(Cc1ccc(Br)cc1Cl)c1cnn2ccccc12. The van der Waals surface area contributed by atoms with Gasteiger partial charge in [-0.25, -0.2) is 4.52 Å². The highest BCUT2D eigenvalue weighted by Gasteiger charge is 2.15. The van der Waals surface area contributed by atoms with Crippen LogP contribution in [0.4, 0.5) is 0 Å². The smallest absolute Gasteiger partial charge is 0.0867 e. The van der Waals surface area contributed by atoms with Crippen molar-refractivity contribution in [3.05, 3.63) is 69.4 Å². The molecule has 1 atom stereocenters. The van der Waals surface area contributed by atoms with Crippen molar-refractivity contribution in [3.63, 3.8) is 0 Å². The Morgan fingerprint density at radius 1 is 1.30 bits per heavy atom. The molecule has 0 fully saturated rings. The van der Waals surface area contributed by atoms with Crippen LogP contribution in [0, 0.1) is 0 Å². The first-order chi connectivity index (χ1) is 9.65. The molecule has 102 valence electrons. The Morgan fingerprint density at radius 2 is 2.15 bits per heavy atom. The fourth-order valence-electron chi connectivity index (χ4n) is 2.22. The van der Waals surface area contributed by atoms with E-state index in [4.69, 9.17) is 11.6 Å². The number of fused-ring (bicyclic) bond motifs is 1. The van der Waals surface area contributed by atoms with Crippen LogP contribution in [0.2, 0.25) is 5.02 Å². The maximum Gasteiger partial charge on any atom is 0.0867 e. The van der Waals surface area contributed by atoms with E-state index in [1.807, 2.05) is 42.6 Å². The van der Waals surface area contributed by atoms with Gasteiger partial charge in [-0.3, -0.25) is 0 Å². The molecule has 0 saturated heterocycles. The summed E-state index contributed by atoms with van der Waals surface area (Å²) in [6.45, 7) is 0. The molecule has 0 spiro atoms. The van der Waals surface area contributed by atoms with Gasteiger partial charge in [-0.2, -0.15) is 5.10 Å². The first-order valence-corrected chi connectivity index (χ1v) is 7.36. The average Bonchev–Trinajstić information content (AvgIpc) is 2.86. The molecule has 0 aliphatic rings. The van der Waals surface area contributed by atoms with Crippen molar-refractivity contribution >= 4 is 33.0 Å². The Balaban J connectivity index is 1.91. The molecule has 5 heteroatoms. The number of benzene rings is 1. The van der Waals surface area contributed by atoms with Crippen LogP contribution in [0.1, 0.15) is 17.2 Å². The fourth-order valence-corrected chi connectivity index (χ4v) is 2.97. The molecule has 2 heterocycles. The molecule has 1 N–H and O–H groups in total. The molecule has 2 aromatic heterocycles. The van der Waals surface area contributed by atoms with Crippen LogP contribution in [0.3, 0.4) is 0 Å². The van der Waals surface area contributed by atoms with Gasteiger partial charge in [0.2, 0.25) is 0 Å². The molecule has 0 aliphatic heterocycles. The van der Waals surface area contributed by atoms with Gasteiger partial charge in [0.1, 0.15) is 0 Å². The molecule has 0 amide bonds. The highest BCUT2D eigenvalue weighted by Crippen LogP contribution is 2.27. The summed E-state index contributed by atoms with van der Waals surface area (Å²) in [4.78, 5) is 0. The van der Waals surface area contributed by atoms with Crippen molar-refractivity contribution in [1.82, 2.24) is 9.61 Å². The third-order valence-corrected chi connectivity index (χ3v) is 4.09. The van der Waals surface area contributed by atoms with Crippen LogP contribution >= 0.6 is 27.5 Å². The molecule has 0 saturated carbocycles. The highest BCUT2D eigenvalue weighted by molar-refractivity contribution is 9.10. The number of aliphatic hydroxyl groups is 1. The van der Waals surface area contributed by atoms with Crippen molar-refractivity contribution in [2.45, 2.75) is 12.5 Å². The zero-order valence-corrected chi connectivity index (χ0v) is 12.8. The first-order valence-electron chi connectivity index (χ1n) is 6.19. The lowest BCUT2D eigenvalue weighted by Gasteiger charge is -2.11. The second kappa shape index (κ2) is 5.56. The summed E-state index contributed by atoms with van der Waals surface area (Å²) in [6, 6.07) is 11.4. The van der Waals surface area contributed by atoms with Crippen LogP contribution in [0.5, 0.6) is 0 Å². The molecule has 0 radical (unpaired) electrons. The molecule has 1 unspecified atom stereocenters. The average molecular weight is 352 g/mol. The summed E-state index contributed by atoms with van der Waals surface area (Å²) >= 11 is 9.56. The van der Waals surface area contributed by atoms with E-state index < -0.39 is 6.10 Å². The zero-order valence-electron chi connectivity index (χ0n) is 10.5. The molecular formula is C15H12BrClN2O. The molecule has 0 aliphatic carbocycles. The lowest BCUT2D eigenvalue weighted by Crippen LogP contribution is -2.02. The lowest BCUT2D eigenvalue weighted by atomic mass is 10.0. The molecule has 1 aromatic carbocycles. The molecule has 0 bridgehead atoms. The van der Waals surface area contributed by atoms with Crippen molar-refractivity contribution in [3.8, 4) is 0 Å². The Kier molecular flexibility index (Phi) is 3.78. The number of hydrogen-bond acceptors (Lipinski definition) is 2. The summed E-state index contributed by atoms with van der Waals surface area (Å²) in [6.07, 6.45) is 3.39. The predicted molar refractivity (Wildman–Crippen MR) is 83.0 cm³/mol. The summed E-state index contributed by atoms with van der Waals surface area (Å²) in [5, 5.41) is 15.3. The summed E-state index contributed by atoms with van der Waals surface area (Å²) < 4.78 is 2.68. The van der Waals surface area contributed by atoms with E-state index >= 15 is 0 Å². The molecule has 3 aromatic rings. The van der Waals surface area contributed by atoms with E-state index in [1.165, 1.54) is 0 Å². The minimum atomic E-state index is -0.631. The third kappa shape index (κ3) is 2.59. The van der Waals surface area contributed by atoms with Crippen molar-refractivity contribution in [1.29, 1.82) is 0 Å². The summed E-state index contributed by atoms with van der Waals surface area (Å²) in [5.74, 6) is 0. The topological polar surface area (TPSA) is 37.5 Å². The van der Waals surface area contributed by atoms with Crippen LogP contribution in [-0.4, -0.2) is 14.7 Å². The lowest BCUT2D eigenvalue weighted by molar-refractivity contribution is 0.180. The third-order valence-electron chi connectivity index (χ3n) is 3.24. The number of nitrogens with zero attached hydrogens (tertiary/aromatic N) is 2. The maximum atomic E-state index is 10.4. The largest absolute Gasteiger partial charge is 0.388 e. The zero-order chi connectivity index (χ0) is 14.1. The van der Waals surface area contributed by atoms with Gasteiger partial charge >= 0.3 is 0 Å². The van der Waals surface area contributed by atoms with Gasteiger partial charge in [0.25, 0.3) is 0 Å². The van der Waals surface area contributed by atoms with E-state index in [-0.39, 0.29) is 0 Å². The van der Waals surface area contributed by atoms with Gasteiger partial charge in [0.05, 0.1) is 17.8 Å². The van der Waals surface area contributed by atoms with Gasteiger partial charge in [0.15, 0.2) is 0 Å². The number of pyridine rings is 1. The normalized spacial score (nSPS) is 12.8. The van der Waals surface area contributed by atoms with Gasteiger partial charge in [-0.05, 0) is 29.8 Å². The Hall–Kier alpha value is -1.36. The van der Waals surface area contributed by atoms with Crippen LogP contribution in [0.15, 0.2) is 53.3 Å². The van der Waals surface area contributed by atoms with Crippen molar-refractivity contribution in [2.24, 2.45) is 0 Å². The monoisotopic (exact) mass is 350 g/mol. The second-order valence-electron chi connectivity index (χ2n) is 4.59. The van der Waals surface area contributed by atoms with Crippen molar-refractivity contribution in [2.75, 3.05) is 0 Å². The maximum absolute atomic E-state index is 10.4. The quantitative estimate of drug-likeness (QED) is 0.773. The molecule has 3 rings (SSSR count). The number of halogens is 2. The van der Waals surface area contributed by atoms with Gasteiger partial charge < -0.3 is 5.11 Å². The highest BCUT2D eigenvalue weighted by atomic mass is 79.9. The van der Waals surface area contributed by atoms with Crippen LogP contribution in [0.25, 0.3) is 5.52 Å². The molecule has 3 nitrogen and oxygen atoms in total. The molecule has 20 heavy (non-hydrogen) atoms. The standard InChI is InChI=1S/C15H12BrClN2O/c16-11-5-4-10(13(17)8-11)7-15(20)12-9-18-19-6-2-1-3-14(12)19/h1-6,8-9,15,20H,7H2. The summed E-state index contributed by atoms with van der Waals surface area (Å²) in [7, 11) is 0. The minimum absolute atomic E-state index is 0.461. The minimum Gasteiger partial charge on any atom is -0.388 e. The van der Waals surface area contributed by atoms with E-state index in [2.05, 4.69) is 21.0 Å². The Labute approximate surface area is 129 Å². The number of rotatable bonds is 3. The van der Waals surface area contributed by atoms with E-state index in [0.29, 0.717) is 11.4 Å². The summed E-state index contributed by atoms with van der Waals surface area (Å²) in [5.41, 5.74) is 2.63. The number of aliphatic hydroxyl groups excluding tert-OH is 1.